The molecule has 0 heterocycles. The quantitative estimate of drug-likeness (QED) is 0.374. The lowest BCUT2D eigenvalue weighted by atomic mass is 9.42. The van der Waals surface area contributed by atoms with E-state index < -0.39 is 0 Å². The number of rotatable bonds is 5. The molecule has 0 spiro atoms. The number of hydrogen-bond donors (Lipinski definition) is 1. The Labute approximate surface area is 249 Å². The van der Waals surface area contributed by atoms with E-state index in [1.54, 1.807) is 0 Å². The number of methoxy groups -OCH3 is 1. The van der Waals surface area contributed by atoms with Gasteiger partial charge in [0.2, 0.25) is 0 Å². The van der Waals surface area contributed by atoms with E-state index in [9.17, 15) is 4.79 Å². The summed E-state index contributed by atoms with van der Waals surface area (Å²) in [6, 6.07) is 22.0. The molecule has 0 bridgehead atoms. The maximum atomic E-state index is 9.59. The summed E-state index contributed by atoms with van der Waals surface area (Å²) in [6.07, 6.45) is 18.9. The summed E-state index contributed by atoms with van der Waals surface area (Å²) in [6.45, 7) is 6.66. The summed E-state index contributed by atoms with van der Waals surface area (Å²) in [5.41, 5.74) is 12.3. The SMILES string of the molecule is CC12CCC3C(CCC4(N)CCCCC34C)C1CCC2CCC=C(c1ccccc1)c1ccccc1.COC(C)=O. The predicted octanol–water partition coefficient (Wildman–Crippen LogP) is 9.21. The van der Waals surface area contributed by atoms with Crippen LogP contribution >= 0.6 is 0 Å². The van der Waals surface area contributed by atoms with Crippen LogP contribution in [0.2, 0.25) is 0 Å². The number of carbonyl (C=O) groups excluding carboxylic acids is 1. The summed E-state index contributed by atoms with van der Waals surface area (Å²) < 4.78 is 4.11. The van der Waals surface area contributed by atoms with Gasteiger partial charge in [-0.05, 0) is 115 Å². The van der Waals surface area contributed by atoms with Crippen LogP contribution in [0.1, 0.15) is 109 Å². The van der Waals surface area contributed by atoms with Crippen molar-refractivity contribution in [3.63, 3.8) is 0 Å². The van der Waals surface area contributed by atoms with Crippen LogP contribution in [0.25, 0.3) is 5.57 Å². The molecule has 0 radical (unpaired) electrons. The number of benzene rings is 2. The maximum absolute atomic E-state index is 9.59. The van der Waals surface area contributed by atoms with Gasteiger partial charge in [-0.2, -0.15) is 0 Å². The van der Waals surface area contributed by atoms with E-state index in [4.69, 9.17) is 5.73 Å². The van der Waals surface area contributed by atoms with Gasteiger partial charge in [0, 0.05) is 12.5 Å². The van der Waals surface area contributed by atoms with Crippen LogP contribution in [0.15, 0.2) is 66.7 Å². The van der Waals surface area contributed by atoms with Gasteiger partial charge >= 0.3 is 5.97 Å². The van der Waals surface area contributed by atoms with Gasteiger partial charge < -0.3 is 10.5 Å². The highest BCUT2D eigenvalue weighted by atomic mass is 16.5. The first kappa shape index (κ1) is 30.1. The van der Waals surface area contributed by atoms with Gasteiger partial charge in [0.25, 0.3) is 0 Å². The maximum Gasteiger partial charge on any atom is 0.302 e. The number of allylic oxidation sites excluding steroid dienone is 1. The van der Waals surface area contributed by atoms with Crippen LogP contribution < -0.4 is 5.73 Å². The zero-order valence-electron chi connectivity index (χ0n) is 26.0. The Kier molecular flexibility index (Phi) is 9.14. The van der Waals surface area contributed by atoms with Gasteiger partial charge in [-0.25, -0.2) is 0 Å². The Morgan fingerprint density at radius 1 is 0.854 bits per heavy atom. The number of fused-ring (bicyclic) bond motifs is 5. The van der Waals surface area contributed by atoms with Crippen molar-refractivity contribution in [1.82, 2.24) is 0 Å². The molecule has 4 saturated carbocycles. The smallest absolute Gasteiger partial charge is 0.302 e. The minimum absolute atomic E-state index is 0.119. The Morgan fingerprint density at radius 3 is 2.07 bits per heavy atom. The number of esters is 1. The molecular weight excluding hydrogens is 502 g/mol. The largest absolute Gasteiger partial charge is 0.469 e. The highest BCUT2D eigenvalue weighted by Gasteiger charge is 2.62. The molecule has 7 unspecified atom stereocenters. The first-order valence-corrected chi connectivity index (χ1v) is 16.4. The molecule has 2 aromatic carbocycles. The van der Waals surface area contributed by atoms with E-state index in [-0.39, 0.29) is 11.5 Å². The fourth-order valence-corrected chi connectivity index (χ4v) is 9.99. The van der Waals surface area contributed by atoms with Crippen LogP contribution in [0.3, 0.4) is 0 Å². The fourth-order valence-electron chi connectivity index (χ4n) is 9.99. The molecule has 222 valence electrons. The van der Waals surface area contributed by atoms with Crippen molar-refractivity contribution < 1.29 is 9.53 Å². The van der Waals surface area contributed by atoms with E-state index in [0.717, 1.165) is 23.7 Å². The number of hydrogen-bond acceptors (Lipinski definition) is 3. The van der Waals surface area contributed by atoms with Crippen molar-refractivity contribution in [3.8, 4) is 0 Å². The molecule has 3 nitrogen and oxygen atoms in total. The second-order valence-electron chi connectivity index (χ2n) is 14.1. The minimum Gasteiger partial charge on any atom is -0.469 e. The van der Waals surface area contributed by atoms with E-state index in [0.29, 0.717) is 10.8 Å². The first-order chi connectivity index (χ1) is 19.7. The van der Waals surface area contributed by atoms with Crippen molar-refractivity contribution in [1.29, 1.82) is 0 Å². The van der Waals surface area contributed by atoms with Crippen LogP contribution in [0.4, 0.5) is 0 Å². The molecule has 0 saturated heterocycles. The van der Waals surface area contributed by atoms with E-state index in [1.807, 2.05) is 0 Å². The van der Waals surface area contributed by atoms with Gasteiger partial charge in [-0.3, -0.25) is 4.79 Å². The lowest BCUT2D eigenvalue weighted by Gasteiger charge is -2.64. The van der Waals surface area contributed by atoms with Crippen molar-refractivity contribution in [2.45, 2.75) is 103 Å². The van der Waals surface area contributed by atoms with Crippen molar-refractivity contribution in [2.75, 3.05) is 7.11 Å². The highest BCUT2D eigenvalue weighted by molar-refractivity contribution is 5.79. The molecule has 4 fully saturated rings. The predicted molar refractivity (Wildman–Crippen MR) is 170 cm³/mol. The third-order valence-corrected chi connectivity index (χ3v) is 12.4. The molecule has 2 N–H and O–H groups in total. The average molecular weight is 556 g/mol. The molecule has 0 aliphatic heterocycles. The second-order valence-corrected chi connectivity index (χ2v) is 14.1. The lowest BCUT2D eigenvalue weighted by molar-refractivity contribution is -0.137. The molecule has 7 atom stereocenters. The molecule has 6 rings (SSSR count). The zero-order valence-corrected chi connectivity index (χ0v) is 26.0. The Morgan fingerprint density at radius 2 is 1.46 bits per heavy atom. The van der Waals surface area contributed by atoms with Crippen molar-refractivity contribution >= 4 is 11.5 Å². The third kappa shape index (κ3) is 5.81. The topological polar surface area (TPSA) is 52.3 Å². The summed E-state index contributed by atoms with van der Waals surface area (Å²) in [4.78, 5) is 9.59. The number of ether oxygens (including phenoxy) is 1. The van der Waals surface area contributed by atoms with E-state index in [1.165, 1.54) is 108 Å². The van der Waals surface area contributed by atoms with Gasteiger partial charge in [0.15, 0.2) is 0 Å². The molecule has 0 aromatic heterocycles. The Balaban J connectivity index is 0.000000623. The molecule has 2 aromatic rings. The second kappa shape index (κ2) is 12.5. The molecule has 4 aliphatic rings. The van der Waals surface area contributed by atoms with Crippen LogP contribution in [0.5, 0.6) is 0 Å². The minimum atomic E-state index is -0.245. The average Bonchev–Trinajstić information content (AvgIpc) is 3.33. The molecular formula is C38H53NO2. The summed E-state index contributed by atoms with van der Waals surface area (Å²) in [7, 11) is 1.35. The normalized spacial score (nSPS) is 35.5. The van der Waals surface area contributed by atoms with Crippen LogP contribution in [0, 0.1) is 34.5 Å². The monoisotopic (exact) mass is 555 g/mol. The molecule has 0 amide bonds. The number of carbonyl (C=O) groups is 1. The lowest BCUT2D eigenvalue weighted by Crippen LogP contribution is -2.65. The van der Waals surface area contributed by atoms with Gasteiger partial charge in [0.1, 0.15) is 0 Å². The highest BCUT2D eigenvalue weighted by Crippen LogP contribution is 2.68. The summed E-state index contributed by atoms with van der Waals surface area (Å²) in [5, 5.41) is 0. The van der Waals surface area contributed by atoms with Gasteiger partial charge in [-0.1, -0.05) is 93.4 Å². The Hall–Kier alpha value is -2.39. The standard InChI is InChI=1S/C35H47N.C3H6O2/c1-33-24-21-32-30(20-25-35(36)23-10-9-22-34(32,35)2)31(33)19-18-28(33)16-11-17-29(26-12-5-3-6-13-26)27-14-7-4-8-15-27;1-3(4)5-2/h3-8,12-15,17,28,30-32H,9-11,16,18-25,36H2,1-2H3;1-2H3. The summed E-state index contributed by atoms with van der Waals surface area (Å²) >= 11 is 0. The van der Waals surface area contributed by atoms with Gasteiger partial charge in [0.05, 0.1) is 7.11 Å². The molecule has 41 heavy (non-hydrogen) atoms. The van der Waals surface area contributed by atoms with Crippen molar-refractivity contribution in [3.05, 3.63) is 77.9 Å². The number of nitrogens with two attached hydrogens (primary N) is 1. The van der Waals surface area contributed by atoms with E-state index in [2.05, 4.69) is 85.3 Å². The van der Waals surface area contributed by atoms with Crippen molar-refractivity contribution in [2.24, 2.45) is 40.2 Å². The summed E-state index contributed by atoms with van der Waals surface area (Å²) in [5.74, 6) is 3.35. The van der Waals surface area contributed by atoms with E-state index >= 15 is 0 Å². The van der Waals surface area contributed by atoms with Crippen LogP contribution in [-0.2, 0) is 9.53 Å². The fraction of sp³-hybridized carbons (Fsp3) is 0.605. The molecule has 3 heteroatoms. The first-order valence-electron chi connectivity index (χ1n) is 16.4. The Bertz CT molecular complexity index is 1150. The van der Waals surface area contributed by atoms with Gasteiger partial charge in [-0.15, -0.1) is 0 Å². The molecule has 4 aliphatic carbocycles. The van der Waals surface area contributed by atoms with Crippen LogP contribution in [-0.4, -0.2) is 18.6 Å². The third-order valence-electron chi connectivity index (χ3n) is 12.4. The zero-order chi connectivity index (χ0) is 29.1.